The highest BCUT2D eigenvalue weighted by molar-refractivity contribution is 6.30. The Morgan fingerprint density at radius 2 is 2.05 bits per heavy atom. The number of rotatable bonds is 2. The van der Waals surface area contributed by atoms with Gasteiger partial charge in [0.25, 0.3) is 0 Å². The Kier molecular flexibility index (Phi) is 3.83. The molecule has 1 aromatic carbocycles. The number of hydrogen-bond acceptors (Lipinski definition) is 5. The fraction of sp³-hybridized carbons (Fsp3) is 0.375. The molecule has 3 rings (SSSR count). The topological polar surface area (TPSA) is 61.8 Å². The van der Waals surface area contributed by atoms with Gasteiger partial charge in [0.2, 0.25) is 0 Å². The first kappa shape index (κ1) is 14.9. The van der Waals surface area contributed by atoms with Crippen molar-refractivity contribution in [3.05, 3.63) is 40.4 Å². The minimum absolute atomic E-state index is 0.232. The van der Waals surface area contributed by atoms with E-state index in [1.165, 1.54) is 14.2 Å². The Labute approximate surface area is 132 Å². The van der Waals surface area contributed by atoms with Crippen molar-refractivity contribution in [3.8, 4) is 5.75 Å². The molecule has 1 aromatic rings. The number of ether oxygens (including phenoxy) is 3. The normalized spacial score (nSPS) is 25.4. The van der Waals surface area contributed by atoms with Crippen molar-refractivity contribution in [2.45, 2.75) is 5.92 Å². The summed E-state index contributed by atoms with van der Waals surface area (Å²) in [6, 6.07) is 5.29. The molecule has 0 bridgehead atoms. The predicted octanol–water partition coefficient (Wildman–Crippen LogP) is 2.33. The van der Waals surface area contributed by atoms with Crippen LogP contribution in [0.2, 0.25) is 5.02 Å². The van der Waals surface area contributed by atoms with Gasteiger partial charge in [-0.25, -0.2) is 4.79 Å². The summed E-state index contributed by atoms with van der Waals surface area (Å²) in [5, 5.41) is 0.554. The lowest BCUT2D eigenvalue weighted by Gasteiger charge is -2.32. The van der Waals surface area contributed by atoms with Crippen molar-refractivity contribution >= 4 is 23.5 Å². The van der Waals surface area contributed by atoms with Gasteiger partial charge in [0.1, 0.15) is 5.75 Å². The van der Waals surface area contributed by atoms with Crippen LogP contribution in [0.5, 0.6) is 5.75 Å². The highest BCUT2D eigenvalue weighted by atomic mass is 35.5. The van der Waals surface area contributed by atoms with E-state index in [-0.39, 0.29) is 17.8 Å². The van der Waals surface area contributed by atoms with Crippen molar-refractivity contribution in [3.63, 3.8) is 0 Å². The Hall–Kier alpha value is -2.01. The number of carbonyl (C=O) groups excluding carboxylic acids is 2. The summed E-state index contributed by atoms with van der Waals surface area (Å²) < 4.78 is 15.4. The number of benzene rings is 1. The lowest BCUT2D eigenvalue weighted by molar-refractivity contribution is -0.144. The molecule has 0 N–H and O–H groups in total. The summed E-state index contributed by atoms with van der Waals surface area (Å²) >= 11 is 6.07. The van der Waals surface area contributed by atoms with Gasteiger partial charge in [-0.05, 0) is 18.2 Å². The van der Waals surface area contributed by atoms with Crippen LogP contribution in [-0.4, -0.2) is 32.8 Å². The lowest BCUT2D eigenvalue weighted by Crippen LogP contribution is -2.31. The quantitative estimate of drug-likeness (QED) is 0.782. The van der Waals surface area contributed by atoms with Gasteiger partial charge in [-0.1, -0.05) is 17.7 Å². The van der Waals surface area contributed by atoms with Crippen molar-refractivity contribution < 1.29 is 23.8 Å². The lowest BCUT2D eigenvalue weighted by atomic mass is 9.79. The van der Waals surface area contributed by atoms with Crippen LogP contribution in [0.15, 0.2) is 29.8 Å². The van der Waals surface area contributed by atoms with E-state index >= 15 is 0 Å². The van der Waals surface area contributed by atoms with Gasteiger partial charge < -0.3 is 14.2 Å². The zero-order valence-corrected chi connectivity index (χ0v) is 12.9. The molecule has 1 aliphatic carbocycles. The molecular weight excluding hydrogens is 308 g/mol. The molecule has 1 aliphatic heterocycles. The Balaban J connectivity index is 2.08. The molecule has 6 heteroatoms. The smallest absolute Gasteiger partial charge is 0.333 e. The van der Waals surface area contributed by atoms with E-state index in [0.717, 1.165) is 5.56 Å². The van der Waals surface area contributed by atoms with Crippen LogP contribution in [0.4, 0.5) is 0 Å². The van der Waals surface area contributed by atoms with Gasteiger partial charge in [0, 0.05) is 28.0 Å². The average Bonchev–Trinajstić information content (AvgIpc) is 2.93. The molecule has 0 saturated carbocycles. The molecule has 0 fully saturated rings. The number of methoxy groups -OCH3 is 2. The van der Waals surface area contributed by atoms with Crippen molar-refractivity contribution in [1.29, 1.82) is 0 Å². The highest BCUT2D eigenvalue weighted by Crippen LogP contribution is 2.50. The van der Waals surface area contributed by atoms with Crippen LogP contribution in [-0.2, 0) is 19.1 Å². The van der Waals surface area contributed by atoms with E-state index in [9.17, 15) is 9.59 Å². The number of esters is 2. The zero-order chi connectivity index (χ0) is 15.9. The SMILES string of the molecule is COC(=O)C1=C[C@H](C(=O)OC)[C@H]2c3cc(Cl)ccc3OC[C@@H]12. The molecule has 2 aliphatic rings. The van der Waals surface area contributed by atoms with Gasteiger partial charge in [0.05, 0.1) is 26.7 Å². The van der Waals surface area contributed by atoms with Crippen molar-refractivity contribution in [2.24, 2.45) is 11.8 Å². The van der Waals surface area contributed by atoms with E-state index in [1.54, 1.807) is 24.3 Å². The Morgan fingerprint density at radius 1 is 1.27 bits per heavy atom. The third kappa shape index (κ3) is 2.25. The van der Waals surface area contributed by atoms with Crippen LogP contribution in [0.3, 0.4) is 0 Å². The summed E-state index contributed by atoms with van der Waals surface area (Å²) in [4.78, 5) is 24.1. The van der Waals surface area contributed by atoms with Gasteiger partial charge in [-0.3, -0.25) is 4.79 Å². The van der Waals surface area contributed by atoms with Crippen LogP contribution in [0.1, 0.15) is 11.5 Å². The van der Waals surface area contributed by atoms with Gasteiger partial charge >= 0.3 is 11.9 Å². The predicted molar refractivity (Wildman–Crippen MR) is 78.8 cm³/mol. The van der Waals surface area contributed by atoms with Crippen LogP contribution >= 0.6 is 11.6 Å². The molecule has 22 heavy (non-hydrogen) atoms. The number of hydrogen-bond donors (Lipinski definition) is 0. The number of fused-ring (bicyclic) bond motifs is 3. The summed E-state index contributed by atoms with van der Waals surface area (Å²) in [7, 11) is 2.65. The van der Waals surface area contributed by atoms with E-state index in [0.29, 0.717) is 23.0 Å². The molecule has 0 spiro atoms. The Morgan fingerprint density at radius 3 is 2.73 bits per heavy atom. The molecule has 3 atom stereocenters. The first-order valence-electron chi connectivity index (χ1n) is 6.87. The molecule has 1 heterocycles. The second-order valence-electron chi connectivity index (χ2n) is 5.29. The zero-order valence-electron chi connectivity index (χ0n) is 12.2. The first-order chi connectivity index (χ1) is 10.6. The van der Waals surface area contributed by atoms with E-state index in [2.05, 4.69) is 0 Å². The second-order valence-corrected chi connectivity index (χ2v) is 5.72. The highest BCUT2D eigenvalue weighted by Gasteiger charge is 2.48. The van der Waals surface area contributed by atoms with Crippen molar-refractivity contribution in [2.75, 3.05) is 20.8 Å². The van der Waals surface area contributed by atoms with E-state index in [1.807, 2.05) is 0 Å². The largest absolute Gasteiger partial charge is 0.493 e. The maximum Gasteiger partial charge on any atom is 0.333 e. The number of carbonyl (C=O) groups is 2. The second kappa shape index (κ2) is 5.65. The van der Waals surface area contributed by atoms with Gasteiger partial charge in [-0.2, -0.15) is 0 Å². The molecule has 0 aromatic heterocycles. The Bertz CT molecular complexity index is 667. The fourth-order valence-electron chi connectivity index (χ4n) is 3.25. The monoisotopic (exact) mass is 322 g/mol. The van der Waals surface area contributed by atoms with Crippen molar-refractivity contribution in [1.82, 2.24) is 0 Å². The van der Waals surface area contributed by atoms with E-state index < -0.39 is 11.9 Å². The summed E-state index contributed by atoms with van der Waals surface area (Å²) in [5.41, 5.74) is 1.27. The van der Waals surface area contributed by atoms with Gasteiger partial charge in [0.15, 0.2) is 0 Å². The molecule has 0 radical (unpaired) electrons. The maximum absolute atomic E-state index is 12.1. The standard InChI is InChI=1S/C16H15ClO5/c1-20-15(18)9-6-11(16(19)21-2)14-10-5-8(17)3-4-13(10)22-7-12(9)14/h3-6,11-12,14H,7H2,1-2H3/t11-,12-,14+/m0/s1. The summed E-state index contributed by atoms with van der Waals surface area (Å²) in [5.74, 6) is -1.19. The molecule has 116 valence electrons. The third-order valence-electron chi connectivity index (χ3n) is 4.22. The minimum Gasteiger partial charge on any atom is -0.493 e. The molecule has 5 nitrogen and oxygen atoms in total. The summed E-state index contributed by atoms with van der Waals surface area (Å²) in [6.07, 6.45) is 1.63. The maximum atomic E-state index is 12.1. The average molecular weight is 323 g/mol. The van der Waals surface area contributed by atoms with Crippen LogP contribution in [0.25, 0.3) is 0 Å². The summed E-state index contributed by atoms with van der Waals surface area (Å²) in [6.45, 7) is 0.313. The molecule has 0 amide bonds. The van der Waals surface area contributed by atoms with Gasteiger partial charge in [-0.15, -0.1) is 0 Å². The fourth-order valence-corrected chi connectivity index (χ4v) is 3.43. The number of halogens is 1. The van der Waals surface area contributed by atoms with Crippen LogP contribution in [0, 0.1) is 11.8 Å². The van der Waals surface area contributed by atoms with Crippen LogP contribution < -0.4 is 4.74 Å². The minimum atomic E-state index is -0.551. The van der Waals surface area contributed by atoms with E-state index in [4.69, 9.17) is 25.8 Å². The molecule has 0 saturated heterocycles. The first-order valence-corrected chi connectivity index (χ1v) is 7.24. The molecular formula is C16H15ClO5. The third-order valence-corrected chi connectivity index (χ3v) is 4.46. The molecule has 0 unspecified atom stereocenters.